The Morgan fingerprint density at radius 2 is 1.52 bits per heavy atom. The molecular formula is C26H26Cl2N2O2S. The lowest BCUT2D eigenvalue weighted by Crippen LogP contribution is -2.27. The molecule has 2 N–H and O–H groups in total. The normalized spacial score (nSPS) is 15.6. The van der Waals surface area contributed by atoms with E-state index in [-0.39, 0.29) is 17.2 Å². The third kappa shape index (κ3) is 5.43. The molecule has 1 atom stereocenters. The summed E-state index contributed by atoms with van der Waals surface area (Å²) in [6.07, 6.45) is 2.73. The fraction of sp³-hybridized carbons (Fsp3) is 0.308. The van der Waals surface area contributed by atoms with Crippen molar-refractivity contribution in [1.82, 2.24) is 0 Å². The van der Waals surface area contributed by atoms with E-state index in [1.165, 1.54) is 16.2 Å². The largest absolute Gasteiger partial charge is 0.322 e. The Morgan fingerprint density at radius 1 is 0.909 bits per heavy atom. The minimum Gasteiger partial charge on any atom is -0.322 e. The van der Waals surface area contributed by atoms with Crippen LogP contribution in [-0.2, 0) is 12.8 Å². The second-order valence-corrected chi connectivity index (χ2v) is 11.4. The smallest absolute Gasteiger partial charge is 0.258 e. The highest BCUT2D eigenvalue weighted by Crippen LogP contribution is 2.44. The number of halogens is 2. The number of benzene rings is 2. The van der Waals surface area contributed by atoms with Gasteiger partial charge in [0.2, 0.25) is 0 Å². The number of anilines is 2. The highest BCUT2D eigenvalue weighted by atomic mass is 35.5. The van der Waals surface area contributed by atoms with Crippen LogP contribution in [0.15, 0.2) is 48.5 Å². The van der Waals surface area contributed by atoms with E-state index >= 15 is 0 Å². The molecule has 0 spiro atoms. The number of rotatable bonds is 4. The van der Waals surface area contributed by atoms with Gasteiger partial charge in [-0.3, -0.25) is 9.59 Å². The average Bonchev–Trinajstić information content (AvgIpc) is 3.12. The van der Waals surface area contributed by atoms with Gasteiger partial charge in [-0.1, -0.05) is 44.0 Å². The summed E-state index contributed by atoms with van der Waals surface area (Å²) in [7, 11) is 0. The first kappa shape index (κ1) is 23.8. The van der Waals surface area contributed by atoms with E-state index in [0.717, 1.165) is 24.8 Å². The van der Waals surface area contributed by atoms with Crippen molar-refractivity contribution in [3.05, 3.63) is 80.1 Å². The fourth-order valence-corrected chi connectivity index (χ4v) is 5.73. The summed E-state index contributed by atoms with van der Waals surface area (Å²) in [4.78, 5) is 27.5. The zero-order valence-corrected chi connectivity index (χ0v) is 21.1. The maximum atomic E-state index is 13.4. The predicted molar refractivity (Wildman–Crippen MR) is 138 cm³/mol. The molecule has 0 aliphatic heterocycles. The molecule has 0 radical (unpaired) electrons. The number of nitrogens with one attached hydrogen (secondary N) is 2. The molecule has 2 aromatic carbocycles. The number of hydrogen-bond donors (Lipinski definition) is 2. The van der Waals surface area contributed by atoms with Crippen LogP contribution in [0.25, 0.3) is 0 Å². The van der Waals surface area contributed by atoms with Crippen LogP contribution in [0.2, 0.25) is 10.0 Å². The number of thiophene rings is 1. The third-order valence-corrected chi connectivity index (χ3v) is 7.83. The van der Waals surface area contributed by atoms with Gasteiger partial charge in [0.25, 0.3) is 11.8 Å². The summed E-state index contributed by atoms with van der Waals surface area (Å²) in [5.41, 5.74) is 2.92. The van der Waals surface area contributed by atoms with E-state index in [4.69, 9.17) is 23.2 Å². The molecule has 2 amide bonds. The Bertz CT molecular complexity index is 1180. The number of amides is 2. The minimum atomic E-state index is -0.266. The highest BCUT2D eigenvalue weighted by molar-refractivity contribution is 7.17. The van der Waals surface area contributed by atoms with Gasteiger partial charge in [-0.25, -0.2) is 0 Å². The molecule has 4 rings (SSSR count). The van der Waals surface area contributed by atoms with E-state index in [2.05, 4.69) is 31.4 Å². The van der Waals surface area contributed by atoms with Crippen molar-refractivity contribution in [3.8, 4) is 0 Å². The molecule has 7 heteroatoms. The molecule has 0 saturated heterocycles. The van der Waals surface area contributed by atoms with Crippen LogP contribution in [0.1, 0.15) is 58.3 Å². The van der Waals surface area contributed by atoms with Crippen molar-refractivity contribution in [2.75, 3.05) is 10.6 Å². The number of hydrogen-bond acceptors (Lipinski definition) is 3. The molecule has 0 fully saturated rings. The Hall–Kier alpha value is -2.34. The third-order valence-electron chi connectivity index (χ3n) is 6.15. The topological polar surface area (TPSA) is 58.2 Å². The van der Waals surface area contributed by atoms with E-state index in [1.807, 2.05) is 0 Å². The van der Waals surface area contributed by atoms with Crippen LogP contribution in [0.5, 0.6) is 0 Å². The van der Waals surface area contributed by atoms with Gasteiger partial charge in [0.05, 0.1) is 5.56 Å². The van der Waals surface area contributed by atoms with Gasteiger partial charge in [0.15, 0.2) is 0 Å². The Balaban J connectivity index is 1.67. The van der Waals surface area contributed by atoms with Crippen LogP contribution in [-0.4, -0.2) is 11.8 Å². The van der Waals surface area contributed by atoms with Gasteiger partial charge in [-0.15, -0.1) is 11.3 Å². The van der Waals surface area contributed by atoms with Gasteiger partial charge in [0, 0.05) is 26.2 Å². The second-order valence-electron chi connectivity index (χ2n) is 9.44. The lowest BCUT2D eigenvalue weighted by Gasteiger charge is -2.33. The Kier molecular flexibility index (Phi) is 6.85. The van der Waals surface area contributed by atoms with Crippen LogP contribution >= 0.6 is 34.5 Å². The molecule has 0 bridgehead atoms. The van der Waals surface area contributed by atoms with E-state index in [0.29, 0.717) is 37.8 Å². The number of carbonyl (C=O) groups excluding carboxylic acids is 2. The molecule has 1 heterocycles. The van der Waals surface area contributed by atoms with Crippen LogP contribution in [0.3, 0.4) is 0 Å². The van der Waals surface area contributed by atoms with Crippen molar-refractivity contribution in [2.45, 2.75) is 40.0 Å². The molecule has 1 unspecified atom stereocenters. The summed E-state index contributed by atoms with van der Waals surface area (Å²) in [5, 5.41) is 7.70. The minimum absolute atomic E-state index is 0.181. The molecular weight excluding hydrogens is 475 g/mol. The molecule has 4 nitrogen and oxygen atoms in total. The quantitative estimate of drug-likeness (QED) is 0.385. The standard InChI is InChI=1S/C26H26Cl2N2O2S/c1-26(2,3)16-6-13-20-21(14-16)33-25(30-23(31)15-4-7-17(27)8-5-15)22(20)24(32)29-19-11-9-18(28)10-12-19/h4-5,7-12,16H,6,13-14H2,1-3H3,(H,29,32)(H,30,31). The van der Waals surface area contributed by atoms with Crippen molar-refractivity contribution in [3.63, 3.8) is 0 Å². The van der Waals surface area contributed by atoms with Gasteiger partial charge in [0.1, 0.15) is 5.00 Å². The van der Waals surface area contributed by atoms with Gasteiger partial charge < -0.3 is 10.6 Å². The lowest BCUT2D eigenvalue weighted by molar-refractivity contribution is 0.102. The zero-order chi connectivity index (χ0) is 23.8. The molecule has 3 aromatic rings. The summed E-state index contributed by atoms with van der Waals surface area (Å²) in [6.45, 7) is 6.77. The average molecular weight is 501 g/mol. The van der Waals surface area contributed by atoms with Gasteiger partial charge in [-0.05, 0) is 84.7 Å². The fourth-order valence-electron chi connectivity index (χ4n) is 4.16. The predicted octanol–water partition coefficient (Wildman–Crippen LogP) is 7.71. The van der Waals surface area contributed by atoms with Crippen LogP contribution in [0.4, 0.5) is 10.7 Å². The van der Waals surface area contributed by atoms with E-state index in [9.17, 15) is 9.59 Å². The van der Waals surface area contributed by atoms with Crippen LogP contribution < -0.4 is 10.6 Å². The van der Waals surface area contributed by atoms with E-state index < -0.39 is 0 Å². The first-order valence-corrected chi connectivity index (χ1v) is 12.5. The Labute approximate surface area is 208 Å². The highest BCUT2D eigenvalue weighted by Gasteiger charge is 2.34. The molecule has 1 aliphatic rings. The summed E-state index contributed by atoms with van der Waals surface area (Å²) in [5.74, 6) is 0.0317. The van der Waals surface area contributed by atoms with E-state index in [1.54, 1.807) is 48.5 Å². The van der Waals surface area contributed by atoms with Gasteiger partial charge >= 0.3 is 0 Å². The molecule has 33 heavy (non-hydrogen) atoms. The lowest BCUT2D eigenvalue weighted by atomic mass is 9.72. The maximum absolute atomic E-state index is 13.4. The summed E-state index contributed by atoms with van der Waals surface area (Å²) in [6, 6.07) is 13.7. The van der Waals surface area contributed by atoms with Crippen molar-refractivity contribution < 1.29 is 9.59 Å². The summed E-state index contributed by atoms with van der Waals surface area (Å²) < 4.78 is 0. The van der Waals surface area contributed by atoms with Crippen molar-refractivity contribution in [1.29, 1.82) is 0 Å². The monoisotopic (exact) mass is 500 g/mol. The molecule has 1 aliphatic carbocycles. The van der Waals surface area contributed by atoms with Gasteiger partial charge in [-0.2, -0.15) is 0 Å². The first-order valence-electron chi connectivity index (χ1n) is 10.9. The molecule has 172 valence electrons. The number of fused-ring (bicyclic) bond motifs is 1. The first-order chi connectivity index (χ1) is 15.6. The maximum Gasteiger partial charge on any atom is 0.258 e. The number of carbonyl (C=O) groups is 2. The van der Waals surface area contributed by atoms with Crippen LogP contribution in [0, 0.1) is 11.3 Å². The summed E-state index contributed by atoms with van der Waals surface area (Å²) >= 11 is 13.4. The molecule has 1 aromatic heterocycles. The van der Waals surface area contributed by atoms with Crippen molar-refractivity contribution >= 4 is 57.0 Å². The molecule has 0 saturated carbocycles. The zero-order valence-electron chi connectivity index (χ0n) is 18.8. The van der Waals surface area contributed by atoms with Crippen molar-refractivity contribution in [2.24, 2.45) is 11.3 Å². The Morgan fingerprint density at radius 3 is 2.12 bits per heavy atom. The SMILES string of the molecule is CC(C)(C)C1CCc2c(sc(NC(=O)c3ccc(Cl)cc3)c2C(=O)Nc2ccc(Cl)cc2)C1. The second kappa shape index (κ2) is 9.49.